The molecule has 1 aliphatic rings. The predicted molar refractivity (Wildman–Crippen MR) is 130 cm³/mol. The van der Waals surface area contributed by atoms with E-state index in [2.05, 4.69) is 20.0 Å². The SMILES string of the molecule is CC1CC(Cc2cc(Nc3nccs3)ccc2F)(C(=O)O)CCN1Cc1ccnc(OCC(F)(F)F)c1F. The topological polar surface area (TPSA) is 87.6 Å². The summed E-state index contributed by atoms with van der Waals surface area (Å²) in [4.78, 5) is 22.0. The molecule has 0 radical (unpaired) electrons. The molecule has 1 aromatic carbocycles. The molecule has 1 saturated heterocycles. The van der Waals surface area contributed by atoms with Gasteiger partial charge in [-0.3, -0.25) is 9.69 Å². The van der Waals surface area contributed by atoms with Gasteiger partial charge in [0.05, 0.1) is 5.41 Å². The maximum atomic E-state index is 14.8. The highest BCUT2D eigenvalue weighted by molar-refractivity contribution is 7.13. The fourth-order valence-corrected chi connectivity index (χ4v) is 5.20. The standard InChI is InChI=1S/C25H25F5N4O3S/c1-15-11-24(22(35)36,12-17-10-18(2-3-19(17)26)33-23-32-7-9-38-23)5-8-34(15)13-16-4-6-31-21(20(16)27)37-14-25(28,29)30/h2-4,6-7,9-10,15H,5,8,11-14H2,1H3,(H,32,33)(H,35,36). The third-order valence-electron chi connectivity index (χ3n) is 6.58. The Morgan fingerprint density at radius 1 is 1.24 bits per heavy atom. The van der Waals surface area contributed by atoms with Crippen LogP contribution in [-0.4, -0.2) is 51.3 Å². The number of carboxylic acid groups (broad SMARTS) is 1. The molecule has 38 heavy (non-hydrogen) atoms. The summed E-state index contributed by atoms with van der Waals surface area (Å²) in [6.07, 6.45) is -1.56. The lowest BCUT2D eigenvalue weighted by atomic mass is 9.71. The Kier molecular flexibility index (Phi) is 8.16. The van der Waals surface area contributed by atoms with Gasteiger partial charge in [0.15, 0.2) is 17.6 Å². The Bertz CT molecular complexity index is 1270. The Morgan fingerprint density at radius 3 is 2.68 bits per heavy atom. The molecule has 3 heterocycles. The van der Waals surface area contributed by atoms with Gasteiger partial charge in [0.25, 0.3) is 5.88 Å². The number of aliphatic carboxylic acids is 1. The number of benzene rings is 1. The van der Waals surface area contributed by atoms with Crippen molar-refractivity contribution in [1.82, 2.24) is 14.9 Å². The third-order valence-corrected chi connectivity index (χ3v) is 7.27. The summed E-state index contributed by atoms with van der Waals surface area (Å²) in [7, 11) is 0. The molecule has 0 amide bonds. The predicted octanol–water partition coefficient (Wildman–Crippen LogP) is 5.80. The number of nitrogens with zero attached hydrogens (tertiary/aromatic N) is 3. The van der Waals surface area contributed by atoms with Crippen molar-refractivity contribution in [3.8, 4) is 5.88 Å². The number of anilines is 2. The van der Waals surface area contributed by atoms with Gasteiger partial charge in [-0.25, -0.2) is 18.7 Å². The number of rotatable bonds is 9. The number of pyridine rings is 1. The number of carbonyl (C=O) groups is 1. The number of piperidine rings is 1. The Morgan fingerprint density at radius 2 is 2.03 bits per heavy atom. The van der Waals surface area contributed by atoms with Crippen LogP contribution in [0.1, 0.15) is 30.9 Å². The number of hydrogen-bond acceptors (Lipinski definition) is 7. The average molecular weight is 557 g/mol. The fourth-order valence-electron chi connectivity index (χ4n) is 4.65. The molecule has 2 aromatic heterocycles. The van der Waals surface area contributed by atoms with Crippen LogP contribution in [-0.2, 0) is 17.8 Å². The van der Waals surface area contributed by atoms with Crippen LogP contribution in [0.3, 0.4) is 0 Å². The number of likely N-dealkylation sites (tertiary alicyclic amines) is 1. The Labute approximate surface area is 219 Å². The maximum Gasteiger partial charge on any atom is 0.422 e. The van der Waals surface area contributed by atoms with E-state index in [1.54, 1.807) is 30.6 Å². The van der Waals surface area contributed by atoms with E-state index in [0.717, 1.165) is 6.20 Å². The number of aromatic nitrogens is 2. The second kappa shape index (κ2) is 11.2. The van der Waals surface area contributed by atoms with Crippen molar-refractivity contribution in [2.45, 2.75) is 44.9 Å². The number of thiazole rings is 1. The van der Waals surface area contributed by atoms with E-state index in [9.17, 15) is 31.9 Å². The minimum Gasteiger partial charge on any atom is -0.481 e. The molecular weight excluding hydrogens is 531 g/mol. The van der Waals surface area contributed by atoms with Crippen LogP contribution in [0, 0.1) is 17.0 Å². The molecule has 3 aromatic rings. The van der Waals surface area contributed by atoms with E-state index in [-0.39, 0.29) is 49.5 Å². The molecule has 2 atom stereocenters. The summed E-state index contributed by atoms with van der Waals surface area (Å²) >= 11 is 1.37. The van der Waals surface area contributed by atoms with Gasteiger partial charge in [0.1, 0.15) is 5.82 Å². The molecule has 1 fully saturated rings. The van der Waals surface area contributed by atoms with Crippen molar-refractivity contribution >= 4 is 28.1 Å². The lowest BCUT2D eigenvalue weighted by Crippen LogP contribution is -2.49. The lowest BCUT2D eigenvalue weighted by molar-refractivity contribution is -0.155. The van der Waals surface area contributed by atoms with Gasteiger partial charge in [0.2, 0.25) is 0 Å². The molecule has 0 saturated carbocycles. The van der Waals surface area contributed by atoms with Gasteiger partial charge in [-0.1, -0.05) is 0 Å². The number of alkyl halides is 3. The van der Waals surface area contributed by atoms with Gasteiger partial charge < -0.3 is 15.2 Å². The van der Waals surface area contributed by atoms with Crippen LogP contribution < -0.4 is 10.1 Å². The van der Waals surface area contributed by atoms with E-state index in [0.29, 0.717) is 10.8 Å². The molecule has 0 spiro atoms. The van der Waals surface area contributed by atoms with Crippen molar-refractivity contribution < 1.29 is 36.6 Å². The first-order valence-electron chi connectivity index (χ1n) is 11.7. The first kappa shape index (κ1) is 27.7. The quantitative estimate of drug-likeness (QED) is 0.322. The lowest BCUT2D eigenvalue weighted by Gasteiger charge is -2.43. The van der Waals surface area contributed by atoms with Crippen molar-refractivity contribution in [1.29, 1.82) is 0 Å². The second-order valence-electron chi connectivity index (χ2n) is 9.30. The molecule has 13 heteroatoms. The van der Waals surface area contributed by atoms with Gasteiger partial charge in [-0.05, 0) is 62.6 Å². The van der Waals surface area contributed by atoms with Crippen molar-refractivity contribution in [2.75, 3.05) is 18.5 Å². The number of hydrogen-bond donors (Lipinski definition) is 2. The first-order chi connectivity index (χ1) is 18.0. The highest BCUT2D eigenvalue weighted by Crippen LogP contribution is 2.40. The Balaban J connectivity index is 1.47. The van der Waals surface area contributed by atoms with Gasteiger partial charge in [-0.2, -0.15) is 13.2 Å². The number of halogens is 5. The molecule has 1 aliphatic heterocycles. The van der Waals surface area contributed by atoms with Crippen LogP contribution in [0.4, 0.5) is 32.8 Å². The molecule has 0 bridgehead atoms. The van der Waals surface area contributed by atoms with Crippen molar-refractivity contribution in [3.63, 3.8) is 0 Å². The summed E-state index contributed by atoms with van der Waals surface area (Å²) in [5.41, 5.74) is -0.340. The summed E-state index contributed by atoms with van der Waals surface area (Å²) in [5, 5.41) is 15.7. The van der Waals surface area contributed by atoms with E-state index >= 15 is 0 Å². The fraction of sp³-hybridized carbons (Fsp3) is 0.400. The number of nitrogens with one attached hydrogen (secondary N) is 1. The van der Waals surface area contributed by atoms with Crippen LogP contribution in [0.15, 0.2) is 42.0 Å². The highest BCUT2D eigenvalue weighted by atomic mass is 32.1. The zero-order chi connectivity index (χ0) is 27.5. The van der Waals surface area contributed by atoms with Gasteiger partial charge >= 0.3 is 12.1 Å². The highest BCUT2D eigenvalue weighted by Gasteiger charge is 2.45. The first-order valence-corrected chi connectivity index (χ1v) is 12.6. The summed E-state index contributed by atoms with van der Waals surface area (Å²) in [5.74, 6) is -3.31. The molecule has 204 valence electrons. The van der Waals surface area contributed by atoms with E-state index in [1.807, 2.05) is 4.90 Å². The zero-order valence-electron chi connectivity index (χ0n) is 20.3. The van der Waals surface area contributed by atoms with Crippen LogP contribution in [0.5, 0.6) is 5.88 Å². The van der Waals surface area contributed by atoms with E-state index in [1.165, 1.54) is 23.5 Å². The van der Waals surface area contributed by atoms with Crippen LogP contribution in [0.25, 0.3) is 0 Å². The van der Waals surface area contributed by atoms with Crippen molar-refractivity contribution in [3.05, 3.63) is 64.8 Å². The zero-order valence-corrected chi connectivity index (χ0v) is 21.1. The smallest absolute Gasteiger partial charge is 0.422 e. The molecule has 4 rings (SSSR count). The summed E-state index contributed by atoms with van der Waals surface area (Å²) in [6.45, 7) is 0.397. The molecule has 7 nitrogen and oxygen atoms in total. The van der Waals surface area contributed by atoms with E-state index in [4.69, 9.17) is 0 Å². The van der Waals surface area contributed by atoms with Gasteiger partial charge in [0, 0.05) is 41.6 Å². The summed E-state index contributed by atoms with van der Waals surface area (Å²) in [6, 6.07) is 5.41. The minimum absolute atomic E-state index is 0.0230. The number of ether oxygens (including phenoxy) is 1. The summed E-state index contributed by atoms with van der Waals surface area (Å²) < 4.78 is 71.4. The maximum absolute atomic E-state index is 14.8. The Hall–Kier alpha value is -3.32. The monoisotopic (exact) mass is 556 g/mol. The van der Waals surface area contributed by atoms with E-state index < -0.39 is 41.7 Å². The number of carboxylic acids is 1. The second-order valence-corrected chi connectivity index (χ2v) is 10.2. The largest absolute Gasteiger partial charge is 0.481 e. The average Bonchev–Trinajstić information content (AvgIpc) is 3.36. The van der Waals surface area contributed by atoms with Crippen molar-refractivity contribution in [2.24, 2.45) is 5.41 Å². The molecule has 2 unspecified atom stereocenters. The molecule has 2 N–H and O–H groups in total. The third kappa shape index (κ3) is 6.57. The minimum atomic E-state index is -4.64. The van der Waals surface area contributed by atoms with Crippen LogP contribution in [0.2, 0.25) is 0 Å². The van der Waals surface area contributed by atoms with Crippen LogP contribution >= 0.6 is 11.3 Å². The van der Waals surface area contributed by atoms with Gasteiger partial charge in [-0.15, -0.1) is 11.3 Å². The molecular formula is C25H25F5N4O3S. The molecule has 0 aliphatic carbocycles. The normalized spacial score (nSPS) is 20.3.